The average Bonchev–Trinajstić information content (AvgIpc) is 2.85. The number of nitrogens with zero attached hydrogens (tertiary/aromatic N) is 1. The Kier molecular flexibility index (Phi) is 4.54. The fourth-order valence-corrected chi connectivity index (χ4v) is 3.82. The number of likely N-dealkylation sites (tertiary alicyclic amines) is 1. The van der Waals surface area contributed by atoms with E-state index in [9.17, 15) is 4.79 Å². The molecule has 1 aliphatic carbocycles. The highest BCUT2D eigenvalue weighted by Gasteiger charge is 2.45. The van der Waals surface area contributed by atoms with E-state index in [1.165, 1.54) is 5.57 Å². The second kappa shape index (κ2) is 6.31. The highest BCUT2D eigenvalue weighted by atomic mass is 16.6. The van der Waals surface area contributed by atoms with E-state index in [0.717, 1.165) is 57.7 Å². The highest BCUT2D eigenvalue weighted by Crippen LogP contribution is 2.49. The van der Waals surface area contributed by atoms with Crippen molar-refractivity contribution in [1.82, 2.24) is 4.90 Å². The van der Waals surface area contributed by atoms with Crippen molar-refractivity contribution in [3.8, 4) is 0 Å². The number of carbonyl (C=O) groups is 1. The van der Waals surface area contributed by atoms with Crippen molar-refractivity contribution in [1.29, 1.82) is 0 Å². The maximum absolute atomic E-state index is 11.9. The van der Waals surface area contributed by atoms with Gasteiger partial charge < -0.3 is 14.4 Å². The lowest BCUT2D eigenvalue weighted by Crippen LogP contribution is -2.42. The van der Waals surface area contributed by atoms with Gasteiger partial charge in [0.2, 0.25) is 0 Å². The Hall–Kier alpha value is -1.29. The molecule has 23 heavy (non-hydrogen) atoms. The number of rotatable bonds is 3. The smallest absolute Gasteiger partial charge is 0.307 e. The number of carbonyl (C=O) groups excluding carboxylic acids is 1. The van der Waals surface area contributed by atoms with Gasteiger partial charge in [-0.2, -0.15) is 0 Å². The molecule has 3 rings (SSSR count). The van der Waals surface area contributed by atoms with Crippen LogP contribution >= 0.6 is 0 Å². The summed E-state index contributed by atoms with van der Waals surface area (Å²) >= 11 is 0. The number of hydrogen-bond acceptors (Lipinski definition) is 4. The second-order valence-corrected chi connectivity index (χ2v) is 8.01. The first-order valence-electron chi connectivity index (χ1n) is 8.86. The number of ether oxygens (including phenoxy) is 2. The van der Waals surface area contributed by atoms with Crippen LogP contribution in [0.25, 0.3) is 0 Å². The minimum Gasteiger partial charge on any atom is -0.493 e. The van der Waals surface area contributed by atoms with Crippen molar-refractivity contribution in [3.05, 3.63) is 23.5 Å². The summed E-state index contributed by atoms with van der Waals surface area (Å²) in [5, 5.41) is 0. The Labute approximate surface area is 139 Å². The molecule has 2 saturated heterocycles. The van der Waals surface area contributed by atoms with Crippen LogP contribution in [0.2, 0.25) is 0 Å². The van der Waals surface area contributed by atoms with Crippen LogP contribution in [-0.4, -0.2) is 42.7 Å². The van der Waals surface area contributed by atoms with Crippen molar-refractivity contribution in [3.63, 3.8) is 0 Å². The Bertz CT molecular complexity index is 519. The molecule has 0 saturated carbocycles. The second-order valence-electron chi connectivity index (χ2n) is 8.01. The summed E-state index contributed by atoms with van der Waals surface area (Å²) in [4.78, 5) is 14.2. The van der Waals surface area contributed by atoms with Crippen LogP contribution in [0.1, 0.15) is 52.9 Å². The Morgan fingerprint density at radius 1 is 1.26 bits per heavy atom. The van der Waals surface area contributed by atoms with E-state index in [0.29, 0.717) is 6.42 Å². The summed E-state index contributed by atoms with van der Waals surface area (Å²) in [6.45, 7) is 9.46. The molecule has 2 fully saturated rings. The molecule has 4 nitrogen and oxygen atoms in total. The van der Waals surface area contributed by atoms with Crippen LogP contribution < -0.4 is 0 Å². The number of esters is 1. The minimum atomic E-state index is -0.388. The number of allylic oxidation sites excluding steroid dienone is 3. The average molecular weight is 319 g/mol. The predicted molar refractivity (Wildman–Crippen MR) is 89.9 cm³/mol. The molecule has 0 atom stereocenters. The van der Waals surface area contributed by atoms with Gasteiger partial charge in [0.1, 0.15) is 11.4 Å². The third kappa shape index (κ3) is 3.79. The van der Waals surface area contributed by atoms with E-state index in [2.05, 4.69) is 17.1 Å². The molecule has 4 heteroatoms. The van der Waals surface area contributed by atoms with E-state index in [4.69, 9.17) is 9.47 Å². The van der Waals surface area contributed by atoms with Gasteiger partial charge in [0, 0.05) is 12.0 Å². The van der Waals surface area contributed by atoms with E-state index >= 15 is 0 Å². The number of hydrogen-bond donors (Lipinski definition) is 0. The van der Waals surface area contributed by atoms with E-state index < -0.39 is 0 Å². The molecule has 0 unspecified atom stereocenters. The van der Waals surface area contributed by atoms with Crippen LogP contribution in [0, 0.1) is 5.41 Å². The van der Waals surface area contributed by atoms with Gasteiger partial charge in [0.25, 0.3) is 0 Å². The topological polar surface area (TPSA) is 38.8 Å². The van der Waals surface area contributed by atoms with Gasteiger partial charge in [-0.15, -0.1) is 0 Å². The molecule has 128 valence electrons. The van der Waals surface area contributed by atoms with Gasteiger partial charge in [-0.1, -0.05) is 6.08 Å². The van der Waals surface area contributed by atoms with Crippen molar-refractivity contribution in [2.75, 3.05) is 26.2 Å². The zero-order chi connectivity index (χ0) is 16.5. The summed E-state index contributed by atoms with van der Waals surface area (Å²) in [5.74, 6) is 1.04. The molecule has 1 spiro atoms. The lowest BCUT2D eigenvalue weighted by molar-refractivity contribution is -0.155. The number of piperidine rings is 1. The van der Waals surface area contributed by atoms with Gasteiger partial charge in [-0.25, -0.2) is 0 Å². The molecular formula is C19H29NO3. The molecule has 2 aliphatic heterocycles. The highest BCUT2D eigenvalue weighted by molar-refractivity contribution is 5.70. The van der Waals surface area contributed by atoms with Crippen LogP contribution in [0.15, 0.2) is 23.5 Å². The van der Waals surface area contributed by atoms with Crippen molar-refractivity contribution in [2.45, 2.75) is 58.5 Å². The summed E-state index contributed by atoms with van der Waals surface area (Å²) in [6, 6.07) is 0. The summed E-state index contributed by atoms with van der Waals surface area (Å²) in [5.41, 5.74) is 1.30. The molecule has 2 heterocycles. The summed E-state index contributed by atoms with van der Waals surface area (Å²) < 4.78 is 11.3. The first-order valence-corrected chi connectivity index (χ1v) is 8.86. The number of fused-ring (bicyclic) bond motifs is 2. The predicted octanol–water partition coefficient (Wildman–Crippen LogP) is 3.43. The van der Waals surface area contributed by atoms with Crippen LogP contribution in [-0.2, 0) is 14.3 Å². The first-order chi connectivity index (χ1) is 10.9. The minimum absolute atomic E-state index is 0.0952. The zero-order valence-electron chi connectivity index (χ0n) is 14.7. The van der Waals surface area contributed by atoms with Gasteiger partial charge >= 0.3 is 5.97 Å². The molecule has 0 aromatic carbocycles. The van der Waals surface area contributed by atoms with Crippen LogP contribution in [0.4, 0.5) is 0 Å². The third-order valence-electron chi connectivity index (χ3n) is 5.05. The van der Waals surface area contributed by atoms with E-state index in [1.54, 1.807) is 0 Å². The summed E-state index contributed by atoms with van der Waals surface area (Å²) in [6.07, 6.45) is 9.63. The zero-order valence-corrected chi connectivity index (χ0v) is 14.7. The van der Waals surface area contributed by atoms with Crippen LogP contribution in [0.5, 0.6) is 0 Å². The lowest BCUT2D eigenvalue weighted by Gasteiger charge is -2.39. The fraction of sp³-hybridized carbons (Fsp3) is 0.737. The van der Waals surface area contributed by atoms with Gasteiger partial charge in [0.05, 0.1) is 13.0 Å². The maximum atomic E-state index is 11.9. The van der Waals surface area contributed by atoms with Crippen molar-refractivity contribution < 1.29 is 14.3 Å². The Morgan fingerprint density at radius 3 is 2.65 bits per heavy atom. The van der Waals surface area contributed by atoms with Gasteiger partial charge in [-0.05, 0) is 71.2 Å². The van der Waals surface area contributed by atoms with Gasteiger partial charge in [0.15, 0.2) is 0 Å². The van der Waals surface area contributed by atoms with Crippen LogP contribution in [0.3, 0.4) is 0 Å². The van der Waals surface area contributed by atoms with E-state index in [1.807, 2.05) is 20.8 Å². The normalized spacial score (nSPS) is 23.8. The Balaban J connectivity index is 1.49. The molecular weight excluding hydrogens is 290 g/mol. The molecule has 0 aromatic heterocycles. The molecule has 0 radical (unpaired) electrons. The molecule has 0 N–H and O–H groups in total. The van der Waals surface area contributed by atoms with Gasteiger partial charge in [-0.3, -0.25) is 4.79 Å². The Morgan fingerprint density at radius 2 is 1.96 bits per heavy atom. The molecule has 3 aliphatic rings. The van der Waals surface area contributed by atoms with E-state index in [-0.39, 0.29) is 17.0 Å². The quantitative estimate of drug-likeness (QED) is 0.747. The summed E-state index contributed by atoms with van der Waals surface area (Å²) in [7, 11) is 0. The SMILES string of the molecule is CC(C)(C)OC(=O)CCN1CCC2(CC1)COC1=CCCC=C12. The largest absolute Gasteiger partial charge is 0.493 e. The maximum Gasteiger partial charge on any atom is 0.307 e. The van der Waals surface area contributed by atoms with Crippen molar-refractivity contribution >= 4 is 5.97 Å². The van der Waals surface area contributed by atoms with Crippen molar-refractivity contribution in [2.24, 2.45) is 5.41 Å². The monoisotopic (exact) mass is 319 g/mol. The molecule has 0 bridgehead atoms. The first kappa shape index (κ1) is 16.6. The third-order valence-corrected chi connectivity index (χ3v) is 5.05. The lowest BCUT2D eigenvalue weighted by atomic mass is 9.72. The fourth-order valence-electron chi connectivity index (χ4n) is 3.82. The molecule has 0 amide bonds. The standard InChI is InChI=1S/C19H29NO3/c1-18(2,3)23-17(21)8-11-20-12-9-19(10-13-20)14-22-16-7-5-4-6-15(16)19/h6-7H,4-5,8-14H2,1-3H3. The molecule has 0 aromatic rings.